The third kappa shape index (κ3) is 6.57. The molecule has 1 unspecified atom stereocenters. The van der Waals surface area contributed by atoms with Gasteiger partial charge in [-0.2, -0.15) is 17.5 Å². The van der Waals surface area contributed by atoms with Crippen molar-refractivity contribution < 1.29 is 31.2 Å². The van der Waals surface area contributed by atoms with Crippen molar-refractivity contribution in [2.24, 2.45) is 0 Å². The molecule has 11 heteroatoms. The molecule has 2 aromatic carbocycles. The molecule has 0 aliphatic carbocycles. The van der Waals surface area contributed by atoms with Gasteiger partial charge in [0.2, 0.25) is 21.8 Å². The van der Waals surface area contributed by atoms with Crippen LogP contribution in [0, 0.1) is 0 Å². The Morgan fingerprint density at radius 2 is 1.71 bits per heavy atom. The van der Waals surface area contributed by atoms with E-state index in [1.165, 1.54) is 6.92 Å². The lowest BCUT2D eigenvalue weighted by molar-refractivity contribution is -0.137. The lowest BCUT2D eigenvalue weighted by Crippen LogP contribution is -2.53. The van der Waals surface area contributed by atoms with E-state index in [0.717, 1.165) is 28.1 Å². The number of benzene rings is 2. The molecule has 1 aliphatic rings. The van der Waals surface area contributed by atoms with E-state index in [1.54, 1.807) is 0 Å². The Hall–Kier alpha value is -2.92. The Morgan fingerprint density at radius 1 is 1.06 bits per heavy atom. The normalized spacial score (nSPS) is 16.6. The van der Waals surface area contributed by atoms with Gasteiger partial charge in [0.25, 0.3) is 0 Å². The molecule has 3 rings (SSSR count). The quantitative estimate of drug-likeness (QED) is 0.615. The maximum Gasteiger partial charge on any atom is 0.416 e. The molecule has 0 radical (unpaired) electrons. The molecule has 0 saturated carbocycles. The summed E-state index contributed by atoms with van der Waals surface area (Å²) in [7, 11) is -4.11. The Bertz CT molecular complexity index is 1120. The molecule has 0 spiro atoms. The number of hydrogen-bond donors (Lipinski definition) is 2. The first-order chi connectivity index (χ1) is 16.0. The fourth-order valence-electron chi connectivity index (χ4n) is 3.83. The zero-order valence-corrected chi connectivity index (χ0v) is 19.3. The molecule has 1 aliphatic heterocycles. The number of sulfonamides is 1. The average molecular weight is 498 g/mol. The van der Waals surface area contributed by atoms with Crippen LogP contribution in [0.3, 0.4) is 0 Å². The van der Waals surface area contributed by atoms with Crippen molar-refractivity contribution in [3.05, 3.63) is 65.7 Å². The van der Waals surface area contributed by atoms with E-state index in [4.69, 9.17) is 0 Å². The molecular weight excluding hydrogens is 471 g/mol. The first-order valence-electron chi connectivity index (χ1n) is 10.8. The van der Waals surface area contributed by atoms with Crippen molar-refractivity contribution in [1.82, 2.24) is 14.9 Å². The van der Waals surface area contributed by atoms with Crippen molar-refractivity contribution in [2.75, 3.05) is 13.1 Å². The second-order valence-electron chi connectivity index (χ2n) is 8.16. The highest BCUT2D eigenvalue weighted by molar-refractivity contribution is 7.89. The number of carbonyl (C=O) groups is 2. The number of halogens is 3. The second-order valence-corrected chi connectivity index (χ2v) is 10.1. The maximum atomic E-state index is 13.0. The van der Waals surface area contributed by atoms with Gasteiger partial charge in [-0.25, -0.2) is 8.42 Å². The van der Waals surface area contributed by atoms with Crippen LogP contribution in [0.1, 0.15) is 30.9 Å². The fourth-order valence-corrected chi connectivity index (χ4v) is 5.34. The number of amides is 2. The van der Waals surface area contributed by atoms with Crippen LogP contribution < -0.4 is 10.6 Å². The molecule has 1 fully saturated rings. The van der Waals surface area contributed by atoms with Crippen LogP contribution in [0.25, 0.3) is 0 Å². The minimum Gasteiger partial charge on any atom is -0.351 e. The summed E-state index contributed by atoms with van der Waals surface area (Å²) in [5.74, 6) is -0.726. The minimum absolute atomic E-state index is 0.0486. The maximum absolute atomic E-state index is 13.0. The predicted octanol–water partition coefficient (Wildman–Crippen LogP) is 2.72. The molecule has 1 atom stereocenters. The first-order valence-corrected chi connectivity index (χ1v) is 12.2. The summed E-state index contributed by atoms with van der Waals surface area (Å²) in [5.41, 5.74) is -0.156. The zero-order chi connectivity index (χ0) is 24.9. The highest BCUT2D eigenvalue weighted by Crippen LogP contribution is 2.31. The van der Waals surface area contributed by atoms with Crippen LogP contribution in [0.2, 0.25) is 0 Å². The van der Waals surface area contributed by atoms with Gasteiger partial charge in [-0.1, -0.05) is 36.4 Å². The fraction of sp³-hybridized carbons (Fsp3) is 0.391. The van der Waals surface area contributed by atoms with Crippen molar-refractivity contribution in [1.29, 1.82) is 0 Å². The molecular formula is C23H26F3N3O4S. The minimum atomic E-state index is -4.65. The third-order valence-electron chi connectivity index (χ3n) is 5.58. The zero-order valence-electron chi connectivity index (χ0n) is 18.5. The molecule has 0 aromatic heterocycles. The number of carbonyl (C=O) groups excluding carboxylic acids is 2. The van der Waals surface area contributed by atoms with Crippen LogP contribution in [0.5, 0.6) is 0 Å². The molecule has 34 heavy (non-hydrogen) atoms. The smallest absolute Gasteiger partial charge is 0.351 e. The van der Waals surface area contributed by atoms with E-state index in [2.05, 4.69) is 10.6 Å². The number of hydrogen-bond acceptors (Lipinski definition) is 4. The largest absolute Gasteiger partial charge is 0.416 e. The van der Waals surface area contributed by atoms with Crippen LogP contribution in [0.15, 0.2) is 59.5 Å². The Balaban J connectivity index is 1.62. The summed E-state index contributed by atoms with van der Waals surface area (Å²) >= 11 is 0. The monoisotopic (exact) mass is 497 g/mol. The molecule has 0 bridgehead atoms. The van der Waals surface area contributed by atoms with Crippen molar-refractivity contribution in [3.63, 3.8) is 0 Å². The lowest BCUT2D eigenvalue weighted by Gasteiger charge is -2.32. The van der Waals surface area contributed by atoms with Gasteiger partial charge in [0.15, 0.2) is 0 Å². The standard InChI is InChI=1S/C23H26F3N3O4S/c1-16(30)27-21(14-17-6-3-2-4-7-17)22(31)28-19-10-12-29(13-11-19)34(32,33)20-9-5-8-18(15-20)23(24,25)26/h2-9,15,19,21H,10-14H2,1H3,(H,27,30)(H,28,31). The first kappa shape index (κ1) is 25.7. The van der Waals surface area contributed by atoms with E-state index in [-0.39, 0.29) is 30.9 Å². The van der Waals surface area contributed by atoms with Crippen molar-refractivity contribution >= 4 is 21.8 Å². The summed E-state index contributed by atoms with van der Waals surface area (Å²) in [6.45, 7) is 1.42. The van der Waals surface area contributed by atoms with E-state index in [0.29, 0.717) is 25.3 Å². The molecule has 7 nitrogen and oxygen atoms in total. The van der Waals surface area contributed by atoms with Gasteiger partial charge in [-0.05, 0) is 36.6 Å². The Kier molecular flexibility index (Phi) is 7.98. The molecule has 184 valence electrons. The van der Waals surface area contributed by atoms with Gasteiger partial charge in [0, 0.05) is 32.5 Å². The highest BCUT2D eigenvalue weighted by Gasteiger charge is 2.34. The van der Waals surface area contributed by atoms with Gasteiger partial charge < -0.3 is 10.6 Å². The summed E-state index contributed by atoms with van der Waals surface area (Å²) in [6.07, 6.45) is -3.76. The van der Waals surface area contributed by atoms with Crippen molar-refractivity contribution in [3.8, 4) is 0 Å². The summed E-state index contributed by atoms with van der Waals surface area (Å²) < 4.78 is 65.8. The summed E-state index contributed by atoms with van der Waals surface area (Å²) in [6, 6.07) is 11.7. The SMILES string of the molecule is CC(=O)NC(Cc1ccccc1)C(=O)NC1CCN(S(=O)(=O)c2cccc(C(F)(F)F)c2)CC1. The van der Waals surface area contributed by atoms with E-state index >= 15 is 0 Å². The van der Waals surface area contributed by atoms with Crippen LogP contribution in [-0.2, 0) is 32.2 Å². The summed E-state index contributed by atoms with van der Waals surface area (Å²) in [4.78, 5) is 24.0. The lowest BCUT2D eigenvalue weighted by atomic mass is 10.0. The van der Waals surface area contributed by atoms with Crippen LogP contribution >= 0.6 is 0 Å². The number of piperidine rings is 1. The third-order valence-corrected chi connectivity index (χ3v) is 7.47. The highest BCUT2D eigenvalue weighted by atomic mass is 32.2. The predicted molar refractivity (Wildman–Crippen MR) is 119 cm³/mol. The van der Waals surface area contributed by atoms with E-state index in [9.17, 15) is 31.2 Å². The summed E-state index contributed by atoms with van der Waals surface area (Å²) in [5, 5.41) is 5.50. The number of rotatable bonds is 7. The van der Waals surface area contributed by atoms with E-state index in [1.807, 2.05) is 30.3 Å². The van der Waals surface area contributed by atoms with Crippen LogP contribution in [0.4, 0.5) is 13.2 Å². The number of alkyl halides is 3. The number of nitrogens with zero attached hydrogens (tertiary/aromatic N) is 1. The molecule has 2 aromatic rings. The van der Waals surface area contributed by atoms with Gasteiger partial charge in [-0.15, -0.1) is 0 Å². The van der Waals surface area contributed by atoms with E-state index < -0.39 is 32.7 Å². The molecule has 2 amide bonds. The number of nitrogens with one attached hydrogen (secondary N) is 2. The second kappa shape index (κ2) is 10.6. The Labute approximate surface area is 196 Å². The van der Waals surface area contributed by atoms with Gasteiger partial charge in [0.1, 0.15) is 6.04 Å². The van der Waals surface area contributed by atoms with Gasteiger partial charge >= 0.3 is 6.18 Å². The van der Waals surface area contributed by atoms with Crippen molar-refractivity contribution in [2.45, 2.75) is 49.3 Å². The van der Waals surface area contributed by atoms with Gasteiger partial charge in [0.05, 0.1) is 10.5 Å². The molecule has 1 heterocycles. The Morgan fingerprint density at radius 3 is 2.29 bits per heavy atom. The van der Waals surface area contributed by atoms with Gasteiger partial charge in [-0.3, -0.25) is 9.59 Å². The topological polar surface area (TPSA) is 95.6 Å². The van der Waals surface area contributed by atoms with Crippen LogP contribution in [-0.4, -0.2) is 49.7 Å². The average Bonchev–Trinajstić information content (AvgIpc) is 2.79. The molecule has 2 N–H and O–H groups in total. The molecule has 1 saturated heterocycles.